The Morgan fingerprint density at radius 2 is 1.76 bits per heavy atom. The molecule has 0 saturated carbocycles. The van der Waals surface area contributed by atoms with Crippen LogP contribution in [0.4, 0.5) is 0 Å². The number of nitrogens with one attached hydrogen (secondary N) is 1. The highest BCUT2D eigenvalue weighted by atomic mass is 16.5. The SMILES string of the molecule is COC(=O)C(CC(=O)CCC(=O)C(C)=N)c1ccccc1. The molecule has 1 unspecified atom stereocenters. The zero-order valence-corrected chi connectivity index (χ0v) is 12.2. The number of esters is 1. The molecule has 1 aromatic carbocycles. The number of hydrogen-bond donors (Lipinski definition) is 1. The minimum atomic E-state index is -0.653. The summed E-state index contributed by atoms with van der Waals surface area (Å²) in [7, 11) is 1.28. The van der Waals surface area contributed by atoms with Crippen LogP contribution in [0, 0.1) is 5.41 Å². The predicted octanol–water partition coefficient (Wildman–Crippen LogP) is 2.29. The van der Waals surface area contributed by atoms with Gasteiger partial charge in [-0.25, -0.2) is 0 Å². The summed E-state index contributed by atoms with van der Waals surface area (Å²) in [5.74, 6) is -1.66. The molecule has 0 heterocycles. The van der Waals surface area contributed by atoms with Crippen molar-refractivity contribution in [3.05, 3.63) is 35.9 Å². The Balaban J connectivity index is 2.70. The molecule has 0 aliphatic heterocycles. The fraction of sp³-hybridized carbons (Fsp3) is 0.375. The van der Waals surface area contributed by atoms with Crippen molar-refractivity contribution in [2.45, 2.75) is 32.1 Å². The van der Waals surface area contributed by atoms with Crippen LogP contribution in [0.3, 0.4) is 0 Å². The molecular formula is C16H19NO4. The number of ether oxygens (including phenoxy) is 1. The number of carbonyl (C=O) groups excluding carboxylic acids is 3. The lowest BCUT2D eigenvalue weighted by Crippen LogP contribution is -2.19. The maximum absolute atomic E-state index is 11.9. The lowest BCUT2D eigenvalue weighted by molar-refractivity contribution is -0.144. The first-order chi connectivity index (χ1) is 9.95. The van der Waals surface area contributed by atoms with Crippen LogP contribution in [0.15, 0.2) is 30.3 Å². The average Bonchev–Trinajstić information content (AvgIpc) is 2.50. The molecule has 0 saturated heterocycles. The number of ketones is 2. The van der Waals surface area contributed by atoms with E-state index in [0.717, 1.165) is 0 Å². The highest BCUT2D eigenvalue weighted by Crippen LogP contribution is 2.22. The van der Waals surface area contributed by atoms with Crippen molar-refractivity contribution in [1.29, 1.82) is 5.41 Å². The number of rotatable bonds is 8. The van der Waals surface area contributed by atoms with Crippen molar-refractivity contribution in [2.75, 3.05) is 7.11 Å². The summed E-state index contributed by atoms with van der Waals surface area (Å²) in [6.45, 7) is 1.40. The Bertz CT molecular complexity index is 536. The van der Waals surface area contributed by atoms with Gasteiger partial charge in [0.05, 0.1) is 18.7 Å². The van der Waals surface area contributed by atoms with Crippen LogP contribution in [-0.2, 0) is 19.1 Å². The van der Waals surface area contributed by atoms with E-state index in [-0.39, 0.29) is 36.5 Å². The number of benzene rings is 1. The first kappa shape index (κ1) is 16.8. The maximum atomic E-state index is 11.9. The van der Waals surface area contributed by atoms with E-state index in [2.05, 4.69) is 0 Å². The highest BCUT2D eigenvalue weighted by molar-refractivity contribution is 6.37. The van der Waals surface area contributed by atoms with Crippen molar-refractivity contribution < 1.29 is 19.1 Å². The van der Waals surface area contributed by atoms with Crippen molar-refractivity contribution in [1.82, 2.24) is 0 Å². The molecule has 5 nitrogen and oxygen atoms in total. The lowest BCUT2D eigenvalue weighted by Gasteiger charge is -2.14. The van der Waals surface area contributed by atoms with Gasteiger partial charge in [-0.05, 0) is 12.5 Å². The second-order valence-corrected chi connectivity index (χ2v) is 4.78. The van der Waals surface area contributed by atoms with E-state index in [4.69, 9.17) is 10.1 Å². The Hall–Kier alpha value is -2.30. The van der Waals surface area contributed by atoms with E-state index >= 15 is 0 Å². The Morgan fingerprint density at radius 3 is 2.29 bits per heavy atom. The molecule has 0 fully saturated rings. The number of Topliss-reactive ketones (excluding diaryl/α,β-unsaturated/α-hetero) is 2. The highest BCUT2D eigenvalue weighted by Gasteiger charge is 2.24. The molecule has 0 amide bonds. The van der Waals surface area contributed by atoms with Gasteiger partial charge >= 0.3 is 5.97 Å². The van der Waals surface area contributed by atoms with Crippen LogP contribution in [-0.4, -0.2) is 30.4 Å². The molecule has 1 rings (SSSR count). The number of methoxy groups -OCH3 is 1. The molecule has 0 radical (unpaired) electrons. The topological polar surface area (TPSA) is 84.3 Å². The molecule has 1 aromatic rings. The van der Waals surface area contributed by atoms with Gasteiger partial charge in [0.25, 0.3) is 0 Å². The van der Waals surface area contributed by atoms with E-state index in [9.17, 15) is 14.4 Å². The second-order valence-electron chi connectivity index (χ2n) is 4.78. The van der Waals surface area contributed by atoms with Gasteiger partial charge in [-0.2, -0.15) is 0 Å². The molecule has 5 heteroatoms. The van der Waals surface area contributed by atoms with E-state index in [1.807, 2.05) is 6.07 Å². The quantitative estimate of drug-likeness (QED) is 0.588. The van der Waals surface area contributed by atoms with Crippen LogP contribution in [0.1, 0.15) is 37.7 Å². The van der Waals surface area contributed by atoms with Gasteiger partial charge in [0.1, 0.15) is 5.78 Å². The smallest absolute Gasteiger partial charge is 0.313 e. The third kappa shape index (κ3) is 5.30. The van der Waals surface area contributed by atoms with E-state index in [1.54, 1.807) is 24.3 Å². The Labute approximate surface area is 123 Å². The molecule has 112 valence electrons. The fourth-order valence-electron chi connectivity index (χ4n) is 1.94. The summed E-state index contributed by atoms with van der Waals surface area (Å²) in [5, 5.41) is 7.18. The zero-order chi connectivity index (χ0) is 15.8. The maximum Gasteiger partial charge on any atom is 0.313 e. The van der Waals surface area contributed by atoms with Gasteiger partial charge in [0, 0.05) is 19.3 Å². The third-order valence-electron chi connectivity index (χ3n) is 3.17. The fourth-order valence-corrected chi connectivity index (χ4v) is 1.94. The predicted molar refractivity (Wildman–Crippen MR) is 78.5 cm³/mol. The van der Waals surface area contributed by atoms with Crippen molar-refractivity contribution in [3.8, 4) is 0 Å². The van der Waals surface area contributed by atoms with Crippen molar-refractivity contribution in [3.63, 3.8) is 0 Å². The van der Waals surface area contributed by atoms with Gasteiger partial charge in [-0.15, -0.1) is 0 Å². The normalized spacial score (nSPS) is 11.5. The average molecular weight is 289 g/mol. The standard InChI is InChI=1S/C16H19NO4/c1-11(17)15(19)9-8-13(18)10-14(16(20)21-2)12-6-4-3-5-7-12/h3-7,14,17H,8-10H2,1-2H3. The summed E-state index contributed by atoms with van der Waals surface area (Å²) < 4.78 is 4.74. The Kier molecular flexibility index (Phi) is 6.46. The van der Waals surface area contributed by atoms with Gasteiger partial charge in [-0.1, -0.05) is 30.3 Å². The van der Waals surface area contributed by atoms with Crippen molar-refractivity contribution >= 4 is 23.2 Å². The molecule has 0 aliphatic carbocycles. The van der Waals surface area contributed by atoms with Crippen LogP contribution >= 0.6 is 0 Å². The molecule has 21 heavy (non-hydrogen) atoms. The molecule has 1 N–H and O–H groups in total. The van der Waals surface area contributed by atoms with Crippen LogP contribution in [0.5, 0.6) is 0 Å². The Morgan fingerprint density at radius 1 is 1.14 bits per heavy atom. The van der Waals surface area contributed by atoms with Crippen LogP contribution in [0.2, 0.25) is 0 Å². The monoisotopic (exact) mass is 289 g/mol. The molecule has 0 spiro atoms. The van der Waals surface area contributed by atoms with Gasteiger partial charge in [-0.3, -0.25) is 14.4 Å². The van der Waals surface area contributed by atoms with Gasteiger partial charge in [0.15, 0.2) is 5.78 Å². The summed E-state index contributed by atoms with van der Waals surface area (Å²) in [6.07, 6.45) is 0.0489. The second kappa shape index (κ2) is 8.09. The van der Waals surface area contributed by atoms with Crippen LogP contribution < -0.4 is 0 Å². The van der Waals surface area contributed by atoms with Crippen LogP contribution in [0.25, 0.3) is 0 Å². The summed E-state index contributed by atoms with van der Waals surface area (Å²) in [4.78, 5) is 35.1. The van der Waals surface area contributed by atoms with E-state index < -0.39 is 11.9 Å². The molecule has 0 aliphatic rings. The number of carbonyl (C=O) groups is 3. The largest absolute Gasteiger partial charge is 0.469 e. The van der Waals surface area contributed by atoms with Gasteiger partial charge < -0.3 is 10.1 Å². The molecular weight excluding hydrogens is 270 g/mol. The third-order valence-corrected chi connectivity index (χ3v) is 3.17. The van der Waals surface area contributed by atoms with E-state index in [1.165, 1.54) is 14.0 Å². The molecule has 1 atom stereocenters. The van der Waals surface area contributed by atoms with Gasteiger partial charge in [0.2, 0.25) is 0 Å². The minimum absolute atomic E-state index is 0.00101. The first-order valence-corrected chi connectivity index (χ1v) is 6.68. The summed E-state index contributed by atoms with van der Waals surface area (Å²) >= 11 is 0. The lowest BCUT2D eigenvalue weighted by atomic mass is 9.92. The summed E-state index contributed by atoms with van der Waals surface area (Å²) in [6, 6.07) is 8.93. The molecule has 0 bridgehead atoms. The first-order valence-electron chi connectivity index (χ1n) is 6.68. The zero-order valence-electron chi connectivity index (χ0n) is 12.2. The minimum Gasteiger partial charge on any atom is -0.469 e. The van der Waals surface area contributed by atoms with E-state index in [0.29, 0.717) is 5.56 Å². The summed E-state index contributed by atoms with van der Waals surface area (Å²) in [5.41, 5.74) is 0.655. The molecule has 0 aromatic heterocycles. The van der Waals surface area contributed by atoms with Crippen molar-refractivity contribution in [2.24, 2.45) is 0 Å². The number of hydrogen-bond acceptors (Lipinski definition) is 5.